The molecule has 0 N–H and O–H groups in total. The number of benzene rings is 2. The normalized spacial score (nSPS) is 23.6. The number of carbonyl (C=O) groups excluding carboxylic acids is 1. The Morgan fingerprint density at radius 3 is 2.38 bits per heavy atom. The maximum Gasteiger partial charge on any atom is 0.246 e. The number of fused-ring (bicyclic) bond motifs is 1. The van der Waals surface area contributed by atoms with Crippen molar-refractivity contribution in [3.63, 3.8) is 0 Å². The van der Waals surface area contributed by atoms with Crippen molar-refractivity contribution in [1.29, 1.82) is 0 Å². The summed E-state index contributed by atoms with van der Waals surface area (Å²) >= 11 is 0. The Kier molecular flexibility index (Phi) is 6.15. The highest BCUT2D eigenvalue weighted by Crippen LogP contribution is 2.40. The number of rotatable bonds is 6. The minimum absolute atomic E-state index is 0.0151. The summed E-state index contributed by atoms with van der Waals surface area (Å²) in [5.74, 6) is 1.91. The fraction of sp³-hybridized carbons (Fsp3) is 0.481. The summed E-state index contributed by atoms with van der Waals surface area (Å²) in [6, 6.07) is 16.3. The Morgan fingerprint density at radius 2 is 1.62 bits per heavy atom. The lowest BCUT2D eigenvalue weighted by Gasteiger charge is -2.38. The average Bonchev–Trinajstić information content (AvgIpc) is 3.35. The topological polar surface area (TPSA) is 51.1 Å². The number of amides is 1. The summed E-state index contributed by atoms with van der Waals surface area (Å²) in [6.45, 7) is 0.508. The van der Waals surface area contributed by atoms with Crippen LogP contribution in [0.4, 0.5) is 0 Å². The monoisotopic (exact) mass is 432 g/mol. The summed E-state index contributed by atoms with van der Waals surface area (Å²) in [7, 11) is 1.69. The second-order valence-corrected chi connectivity index (χ2v) is 9.25. The van der Waals surface area contributed by atoms with Gasteiger partial charge in [0.25, 0.3) is 0 Å². The van der Waals surface area contributed by atoms with Gasteiger partial charge in [0.05, 0.1) is 25.5 Å². The van der Waals surface area contributed by atoms with E-state index in [1.165, 1.54) is 12.8 Å². The van der Waals surface area contributed by atoms with E-state index in [1.807, 2.05) is 24.3 Å². The molecule has 0 aromatic heterocycles. The highest BCUT2D eigenvalue weighted by Gasteiger charge is 2.41. The van der Waals surface area contributed by atoms with E-state index in [1.54, 1.807) is 12.1 Å². The highest BCUT2D eigenvalue weighted by molar-refractivity contribution is 6.07. The third-order valence-corrected chi connectivity index (χ3v) is 7.15. The molecule has 0 radical (unpaired) electrons. The number of ether oxygens (including phenoxy) is 2. The lowest BCUT2D eigenvalue weighted by atomic mass is 9.73. The molecule has 168 valence electrons. The molecule has 0 bridgehead atoms. The first-order valence-corrected chi connectivity index (χ1v) is 12.0. The molecule has 5 nitrogen and oxygen atoms in total. The molecule has 3 aliphatic rings. The van der Waals surface area contributed by atoms with Crippen molar-refractivity contribution in [3.8, 4) is 11.5 Å². The van der Waals surface area contributed by atoms with Gasteiger partial charge in [-0.2, -0.15) is 5.10 Å². The lowest BCUT2D eigenvalue weighted by molar-refractivity contribution is -0.139. The van der Waals surface area contributed by atoms with Gasteiger partial charge in [-0.3, -0.25) is 4.79 Å². The van der Waals surface area contributed by atoms with Crippen molar-refractivity contribution in [2.45, 2.75) is 64.0 Å². The predicted octanol–water partition coefficient (Wildman–Crippen LogP) is 5.57. The Labute approximate surface area is 190 Å². The molecule has 0 saturated heterocycles. The van der Waals surface area contributed by atoms with Crippen molar-refractivity contribution in [3.05, 3.63) is 59.7 Å². The second-order valence-electron chi connectivity index (χ2n) is 9.25. The van der Waals surface area contributed by atoms with Crippen molar-refractivity contribution in [1.82, 2.24) is 5.01 Å². The zero-order valence-corrected chi connectivity index (χ0v) is 18.8. The van der Waals surface area contributed by atoms with E-state index in [4.69, 9.17) is 14.6 Å². The standard InChI is InChI=1S/C27H32N2O3/c1-31-24-16-15-20(17-25(24)32-21-11-5-6-12-21)26-22-13-7-8-14-23(22)27(30)29(28-26)18-19-9-3-2-4-10-19/h2-4,9-10,15-17,21-23H,5-8,11-14,18H2,1H3/t22-,23+/m1/s1. The van der Waals surface area contributed by atoms with Crippen molar-refractivity contribution < 1.29 is 14.3 Å². The van der Waals surface area contributed by atoms with Crippen molar-refractivity contribution in [2.75, 3.05) is 7.11 Å². The molecule has 5 heteroatoms. The number of nitrogens with zero attached hydrogens (tertiary/aromatic N) is 2. The van der Waals surface area contributed by atoms with Gasteiger partial charge in [-0.05, 0) is 62.3 Å². The number of hydrogen-bond donors (Lipinski definition) is 0. The van der Waals surface area contributed by atoms with Gasteiger partial charge in [0.1, 0.15) is 0 Å². The van der Waals surface area contributed by atoms with Gasteiger partial charge in [-0.15, -0.1) is 0 Å². The molecule has 1 heterocycles. The van der Waals surface area contributed by atoms with Crippen LogP contribution in [0, 0.1) is 11.8 Å². The number of carbonyl (C=O) groups is 1. The third-order valence-electron chi connectivity index (χ3n) is 7.15. The minimum Gasteiger partial charge on any atom is -0.493 e. The first-order valence-electron chi connectivity index (χ1n) is 12.0. The Bertz CT molecular complexity index is 982. The Hall–Kier alpha value is -2.82. The molecular weight excluding hydrogens is 400 g/mol. The van der Waals surface area contributed by atoms with Crippen LogP contribution in [0.1, 0.15) is 62.5 Å². The van der Waals surface area contributed by atoms with E-state index < -0.39 is 0 Å². The third kappa shape index (κ3) is 4.25. The number of methoxy groups -OCH3 is 1. The molecule has 2 saturated carbocycles. The molecule has 0 unspecified atom stereocenters. The zero-order chi connectivity index (χ0) is 21.9. The van der Waals surface area contributed by atoms with Crippen molar-refractivity contribution >= 4 is 11.6 Å². The smallest absolute Gasteiger partial charge is 0.246 e. The fourth-order valence-corrected chi connectivity index (χ4v) is 5.45. The lowest BCUT2D eigenvalue weighted by Crippen LogP contribution is -2.45. The summed E-state index contributed by atoms with van der Waals surface area (Å²) in [5.41, 5.74) is 3.16. The van der Waals surface area contributed by atoms with E-state index in [0.717, 1.165) is 66.9 Å². The minimum atomic E-state index is 0.0151. The maximum absolute atomic E-state index is 13.3. The molecule has 5 rings (SSSR count). The number of hydrazone groups is 1. The van der Waals surface area contributed by atoms with Gasteiger partial charge in [-0.25, -0.2) is 5.01 Å². The predicted molar refractivity (Wildman–Crippen MR) is 125 cm³/mol. The van der Waals surface area contributed by atoms with Gasteiger partial charge < -0.3 is 9.47 Å². The molecule has 2 aromatic carbocycles. The summed E-state index contributed by atoms with van der Waals surface area (Å²) in [5, 5.41) is 6.64. The van der Waals surface area contributed by atoms with E-state index in [9.17, 15) is 4.79 Å². The highest BCUT2D eigenvalue weighted by atomic mass is 16.5. The molecule has 1 aliphatic heterocycles. The molecule has 32 heavy (non-hydrogen) atoms. The molecule has 2 fully saturated rings. The van der Waals surface area contributed by atoms with E-state index in [0.29, 0.717) is 6.54 Å². The van der Waals surface area contributed by atoms with Gasteiger partial charge in [0, 0.05) is 17.4 Å². The number of hydrogen-bond acceptors (Lipinski definition) is 4. The van der Waals surface area contributed by atoms with Crippen molar-refractivity contribution in [2.24, 2.45) is 16.9 Å². The van der Waals surface area contributed by atoms with Crippen LogP contribution in [0.3, 0.4) is 0 Å². The second kappa shape index (κ2) is 9.35. The van der Waals surface area contributed by atoms with Gasteiger partial charge in [0.15, 0.2) is 11.5 Å². The first-order chi connectivity index (χ1) is 15.7. The SMILES string of the molecule is COc1ccc(C2=NN(Cc3ccccc3)C(=O)[C@H]3CCCC[C@@H]23)cc1OC1CCCC1. The zero-order valence-electron chi connectivity index (χ0n) is 18.8. The molecule has 2 aliphatic carbocycles. The summed E-state index contributed by atoms with van der Waals surface area (Å²) in [6.07, 6.45) is 9.10. The summed E-state index contributed by atoms with van der Waals surface area (Å²) < 4.78 is 11.9. The van der Waals surface area contributed by atoms with Gasteiger partial charge >= 0.3 is 0 Å². The molecule has 1 amide bonds. The molecule has 2 aromatic rings. The van der Waals surface area contributed by atoms with Gasteiger partial charge in [-0.1, -0.05) is 43.2 Å². The quantitative estimate of drug-likeness (QED) is 0.600. The Balaban J connectivity index is 1.50. The first kappa shape index (κ1) is 21.0. The fourth-order valence-electron chi connectivity index (χ4n) is 5.45. The Morgan fingerprint density at radius 1 is 0.906 bits per heavy atom. The van der Waals surface area contributed by atoms with E-state index in [2.05, 4.69) is 24.3 Å². The summed E-state index contributed by atoms with van der Waals surface area (Å²) in [4.78, 5) is 13.3. The van der Waals surface area contributed by atoms with Crippen LogP contribution in [0.5, 0.6) is 11.5 Å². The van der Waals surface area contributed by atoms with Crippen LogP contribution < -0.4 is 9.47 Å². The van der Waals surface area contributed by atoms with Crippen LogP contribution in [0.15, 0.2) is 53.6 Å². The van der Waals surface area contributed by atoms with Crippen LogP contribution >= 0.6 is 0 Å². The van der Waals surface area contributed by atoms with E-state index >= 15 is 0 Å². The van der Waals surface area contributed by atoms with Crippen LogP contribution in [-0.2, 0) is 11.3 Å². The average molecular weight is 433 g/mol. The molecule has 2 atom stereocenters. The molecular formula is C27H32N2O3. The van der Waals surface area contributed by atoms with Crippen LogP contribution in [-0.4, -0.2) is 29.8 Å². The van der Waals surface area contributed by atoms with Crippen LogP contribution in [0.25, 0.3) is 0 Å². The molecule has 0 spiro atoms. The van der Waals surface area contributed by atoms with Gasteiger partial charge in [0.2, 0.25) is 5.91 Å². The maximum atomic E-state index is 13.3. The van der Waals surface area contributed by atoms with E-state index in [-0.39, 0.29) is 23.8 Å². The van der Waals surface area contributed by atoms with Crippen LogP contribution in [0.2, 0.25) is 0 Å². The largest absolute Gasteiger partial charge is 0.493 e.